The van der Waals surface area contributed by atoms with E-state index in [0.717, 1.165) is 48.7 Å². The summed E-state index contributed by atoms with van der Waals surface area (Å²) >= 11 is 0. The fraction of sp³-hybridized carbons (Fsp3) is 0.429. The first-order valence-electron chi connectivity index (χ1n) is 12.9. The molecule has 1 aliphatic heterocycles. The highest BCUT2D eigenvalue weighted by atomic mass is 16.1. The average Bonchev–Trinajstić information content (AvgIpc) is 3.29. The quantitative estimate of drug-likeness (QED) is 0.387. The first-order chi connectivity index (χ1) is 18.1. The van der Waals surface area contributed by atoms with Gasteiger partial charge in [-0.15, -0.1) is 0 Å². The van der Waals surface area contributed by atoms with Crippen LogP contribution in [0.5, 0.6) is 0 Å². The van der Waals surface area contributed by atoms with Crippen LogP contribution in [0, 0.1) is 6.92 Å². The van der Waals surface area contributed by atoms with Gasteiger partial charge in [0.2, 0.25) is 5.95 Å². The maximum Gasteiger partial charge on any atom is 0.226 e. The summed E-state index contributed by atoms with van der Waals surface area (Å²) in [6, 6.07) is 7.92. The average molecular weight is 514 g/mol. The minimum Gasteiger partial charge on any atom is -0.338 e. The van der Waals surface area contributed by atoms with E-state index in [0.29, 0.717) is 28.5 Å². The number of hydrogen-bond donors (Lipinski definition) is 1. The Hall–Kier alpha value is -3.92. The lowest BCUT2D eigenvalue weighted by Crippen LogP contribution is -2.45. The number of piperazine rings is 1. The zero-order valence-corrected chi connectivity index (χ0v) is 23.0. The van der Waals surface area contributed by atoms with Crippen molar-refractivity contribution in [1.82, 2.24) is 34.6 Å². The molecule has 0 amide bonds. The van der Waals surface area contributed by atoms with E-state index in [-0.39, 0.29) is 17.6 Å². The predicted octanol–water partition coefficient (Wildman–Crippen LogP) is 3.68. The highest BCUT2D eigenvalue weighted by molar-refractivity contribution is 5.96. The highest BCUT2D eigenvalue weighted by Crippen LogP contribution is 2.27. The van der Waals surface area contributed by atoms with Crippen LogP contribution in [-0.2, 0) is 18.9 Å². The molecule has 0 spiro atoms. The minimum atomic E-state index is -0.120. The molecule has 0 radical (unpaired) electrons. The van der Waals surface area contributed by atoms with Crippen LogP contribution in [-0.4, -0.2) is 73.6 Å². The summed E-state index contributed by atoms with van der Waals surface area (Å²) in [5.41, 5.74) is 5.56. The van der Waals surface area contributed by atoms with Crippen LogP contribution < -0.4 is 10.2 Å². The van der Waals surface area contributed by atoms with Gasteiger partial charge in [0.05, 0.1) is 11.9 Å². The van der Waals surface area contributed by atoms with E-state index in [4.69, 9.17) is 4.98 Å². The molecule has 10 heteroatoms. The molecule has 0 bridgehead atoms. The third kappa shape index (κ3) is 5.35. The maximum atomic E-state index is 13.2. The molecule has 0 atom stereocenters. The molecule has 4 aromatic rings. The first kappa shape index (κ1) is 25.7. The van der Waals surface area contributed by atoms with Gasteiger partial charge in [0, 0.05) is 50.7 Å². The number of benzene rings is 1. The number of anilines is 3. The molecule has 4 heterocycles. The smallest absolute Gasteiger partial charge is 0.226 e. The second-order valence-electron chi connectivity index (χ2n) is 11.1. The van der Waals surface area contributed by atoms with Crippen molar-refractivity contribution in [3.63, 3.8) is 0 Å². The Morgan fingerprint density at radius 3 is 2.50 bits per heavy atom. The van der Waals surface area contributed by atoms with Crippen molar-refractivity contribution in [3.05, 3.63) is 59.3 Å². The van der Waals surface area contributed by atoms with Crippen molar-refractivity contribution in [2.45, 2.75) is 39.5 Å². The molecule has 3 aromatic heterocycles. The van der Waals surface area contributed by atoms with Crippen molar-refractivity contribution in [3.8, 4) is 0 Å². The van der Waals surface area contributed by atoms with Crippen LogP contribution in [0.25, 0.3) is 11.0 Å². The van der Waals surface area contributed by atoms with Crippen LogP contribution in [0.4, 0.5) is 17.5 Å². The second-order valence-corrected chi connectivity index (χ2v) is 11.1. The molecule has 0 aliphatic carbocycles. The fourth-order valence-corrected chi connectivity index (χ4v) is 4.51. The number of carbonyl (C=O) groups is 1. The second kappa shape index (κ2) is 10.1. The Morgan fingerprint density at radius 1 is 1.03 bits per heavy atom. The van der Waals surface area contributed by atoms with Gasteiger partial charge in [0.1, 0.15) is 23.1 Å². The molecular formula is C28H35N9O. The summed E-state index contributed by atoms with van der Waals surface area (Å²) < 4.78 is 1.68. The number of carbonyl (C=O) groups excluding carboxylic acids is 1. The minimum absolute atomic E-state index is 0.0300. The van der Waals surface area contributed by atoms with Crippen molar-refractivity contribution in [2.75, 3.05) is 43.4 Å². The van der Waals surface area contributed by atoms with Gasteiger partial charge in [-0.25, -0.2) is 19.9 Å². The van der Waals surface area contributed by atoms with E-state index in [1.807, 2.05) is 38.2 Å². The number of likely N-dealkylation sites (N-methyl/N-ethyl adjacent to an activating group) is 1. The highest BCUT2D eigenvalue weighted by Gasteiger charge is 2.22. The first-order valence-corrected chi connectivity index (χ1v) is 12.9. The van der Waals surface area contributed by atoms with E-state index >= 15 is 0 Å². The van der Waals surface area contributed by atoms with Gasteiger partial charge < -0.3 is 15.1 Å². The van der Waals surface area contributed by atoms with Gasteiger partial charge in [0.15, 0.2) is 11.6 Å². The Bertz CT molecular complexity index is 1480. The van der Waals surface area contributed by atoms with Gasteiger partial charge in [-0.2, -0.15) is 5.10 Å². The van der Waals surface area contributed by atoms with Gasteiger partial charge in [-0.1, -0.05) is 32.9 Å². The topological polar surface area (TPSA) is 105 Å². The molecule has 0 unspecified atom stereocenters. The van der Waals surface area contributed by atoms with Crippen LogP contribution in [0.15, 0.2) is 36.8 Å². The largest absolute Gasteiger partial charge is 0.338 e. The van der Waals surface area contributed by atoms with Crippen LogP contribution >= 0.6 is 0 Å². The lowest BCUT2D eigenvalue weighted by atomic mass is 9.92. The number of nitrogens with one attached hydrogen (secondary N) is 1. The standard InChI is InChI=1S/C28H35N9O/c1-18-7-8-19(14-23(38)22-15-24(28(2,3)4)34-36(22)6)13-20(18)32-26-25-21(30-17-31-26)16-29-27(33-25)37-11-9-35(5)10-12-37/h7-8,13,15-17H,9-12,14H2,1-6H3,(H,30,31,32). The Morgan fingerprint density at radius 2 is 1.79 bits per heavy atom. The van der Waals surface area contributed by atoms with Crippen molar-refractivity contribution in [2.24, 2.45) is 7.05 Å². The molecule has 0 saturated carbocycles. The van der Waals surface area contributed by atoms with Crippen molar-refractivity contribution in [1.29, 1.82) is 0 Å². The molecule has 198 valence electrons. The lowest BCUT2D eigenvalue weighted by Gasteiger charge is -2.32. The number of nitrogens with zero attached hydrogens (tertiary/aromatic N) is 8. The van der Waals surface area contributed by atoms with E-state index in [2.05, 4.69) is 63.0 Å². The number of aryl methyl sites for hydroxylation is 2. The Labute approximate surface area is 223 Å². The molecule has 1 aliphatic rings. The molecule has 38 heavy (non-hydrogen) atoms. The molecule has 10 nitrogen and oxygen atoms in total. The molecular weight excluding hydrogens is 478 g/mol. The molecule has 1 N–H and O–H groups in total. The maximum absolute atomic E-state index is 13.2. The van der Waals surface area contributed by atoms with E-state index in [9.17, 15) is 4.79 Å². The summed E-state index contributed by atoms with van der Waals surface area (Å²) in [5.74, 6) is 1.33. The SMILES string of the molecule is Cc1ccc(CC(=O)c2cc(C(C)(C)C)nn2C)cc1Nc1ncnc2cnc(N3CCN(C)CC3)nc12. The van der Waals surface area contributed by atoms with Gasteiger partial charge in [-0.3, -0.25) is 9.48 Å². The molecule has 1 fully saturated rings. The molecule has 1 saturated heterocycles. The van der Waals surface area contributed by atoms with Crippen molar-refractivity contribution >= 4 is 34.3 Å². The number of hydrogen-bond acceptors (Lipinski definition) is 9. The van der Waals surface area contributed by atoms with E-state index in [1.54, 1.807) is 10.9 Å². The van der Waals surface area contributed by atoms with Crippen molar-refractivity contribution < 1.29 is 4.79 Å². The monoisotopic (exact) mass is 513 g/mol. The predicted molar refractivity (Wildman–Crippen MR) is 149 cm³/mol. The normalized spacial score (nSPS) is 14.7. The molecule has 1 aromatic carbocycles. The van der Waals surface area contributed by atoms with E-state index in [1.165, 1.54) is 6.33 Å². The van der Waals surface area contributed by atoms with Crippen LogP contribution in [0.1, 0.15) is 48.1 Å². The zero-order valence-electron chi connectivity index (χ0n) is 23.0. The van der Waals surface area contributed by atoms with E-state index < -0.39 is 0 Å². The fourth-order valence-electron chi connectivity index (χ4n) is 4.51. The summed E-state index contributed by atoms with van der Waals surface area (Å²) in [4.78, 5) is 35.9. The number of Topliss-reactive ketones (excluding diaryl/α,β-unsaturated/α-hetero) is 1. The summed E-state index contributed by atoms with van der Waals surface area (Å²) in [5, 5.41) is 8.00. The Balaban J connectivity index is 1.40. The van der Waals surface area contributed by atoms with Gasteiger partial charge in [-0.05, 0) is 37.2 Å². The summed E-state index contributed by atoms with van der Waals surface area (Å²) in [6.45, 7) is 12.0. The third-order valence-electron chi connectivity index (χ3n) is 7.00. The summed E-state index contributed by atoms with van der Waals surface area (Å²) in [6.07, 6.45) is 3.55. The number of ketones is 1. The number of aromatic nitrogens is 6. The van der Waals surface area contributed by atoms with Crippen LogP contribution in [0.2, 0.25) is 0 Å². The van der Waals surface area contributed by atoms with Gasteiger partial charge >= 0.3 is 0 Å². The van der Waals surface area contributed by atoms with Gasteiger partial charge in [0.25, 0.3) is 0 Å². The number of fused-ring (bicyclic) bond motifs is 1. The van der Waals surface area contributed by atoms with Crippen LogP contribution in [0.3, 0.4) is 0 Å². The zero-order chi connectivity index (χ0) is 27.0. The summed E-state index contributed by atoms with van der Waals surface area (Å²) in [7, 11) is 3.95. The lowest BCUT2D eigenvalue weighted by molar-refractivity contribution is 0.0984. The third-order valence-corrected chi connectivity index (χ3v) is 7.00. The number of rotatable bonds is 6. The molecule has 5 rings (SSSR count). The Kier molecular flexibility index (Phi) is 6.83.